The van der Waals surface area contributed by atoms with Crippen molar-refractivity contribution in [2.24, 2.45) is 0 Å². The van der Waals surface area contributed by atoms with Gasteiger partial charge in [-0.1, -0.05) is 54.1 Å². The van der Waals surface area contributed by atoms with E-state index in [9.17, 15) is 9.59 Å². The zero-order valence-electron chi connectivity index (χ0n) is 18.2. The fourth-order valence-corrected chi connectivity index (χ4v) is 4.24. The van der Waals surface area contributed by atoms with E-state index in [0.29, 0.717) is 23.1 Å². The van der Waals surface area contributed by atoms with Crippen molar-refractivity contribution >= 4 is 29.4 Å². The summed E-state index contributed by atoms with van der Waals surface area (Å²) in [7, 11) is 0. The first kappa shape index (κ1) is 22.7. The Labute approximate surface area is 198 Å². The number of nitrogens with one attached hydrogen (secondary N) is 2. The molecule has 0 saturated carbocycles. The molecule has 33 heavy (non-hydrogen) atoms. The molecule has 1 aliphatic rings. The molecule has 4 rings (SSSR count). The first-order valence-corrected chi connectivity index (χ1v) is 11.4. The molecule has 3 aromatic rings. The highest BCUT2D eigenvalue weighted by atomic mass is 35.5. The van der Waals surface area contributed by atoms with E-state index < -0.39 is 6.04 Å². The van der Waals surface area contributed by atoms with Crippen molar-refractivity contribution in [3.63, 3.8) is 0 Å². The lowest BCUT2D eigenvalue weighted by Gasteiger charge is -2.33. The Bertz CT molecular complexity index is 1080. The number of carbonyl (C=O) groups excluding carboxylic acids is 2. The van der Waals surface area contributed by atoms with Gasteiger partial charge < -0.3 is 15.5 Å². The fraction of sp³-hybridized carbons (Fsp3) is 0.280. The van der Waals surface area contributed by atoms with Gasteiger partial charge in [-0.15, -0.1) is 0 Å². The van der Waals surface area contributed by atoms with Gasteiger partial charge in [0.05, 0.1) is 23.0 Å². The molecule has 2 aromatic carbocycles. The molecule has 2 heterocycles. The number of anilines is 1. The zero-order valence-corrected chi connectivity index (χ0v) is 18.9. The molecule has 8 heteroatoms. The molecule has 1 fully saturated rings. The van der Waals surface area contributed by atoms with E-state index in [0.717, 1.165) is 24.9 Å². The van der Waals surface area contributed by atoms with Crippen molar-refractivity contribution in [1.82, 2.24) is 20.6 Å². The predicted molar refractivity (Wildman–Crippen MR) is 128 cm³/mol. The number of hydrogen-bond acceptors (Lipinski definition) is 5. The normalized spacial score (nSPS) is 16.6. The van der Waals surface area contributed by atoms with Gasteiger partial charge in [0.1, 0.15) is 0 Å². The molecule has 7 nitrogen and oxygen atoms in total. The molecule has 2 N–H and O–H groups in total. The Morgan fingerprint density at radius 3 is 2.52 bits per heavy atom. The summed E-state index contributed by atoms with van der Waals surface area (Å²) in [4.78, 5) is 36.6. The second-order valence-corrected chi connectivity index (χ2v) is 8.43. The van der Waals surface area contributed by atoms with Crippen LogP contribution in [0.1, 0.15) is 41.2 Å². The fourth-order valence-electron chi connectivity index (χ4n) is 4.02. The molecule has 1 aromatic heterocycles. The quantitative estimate of drug-likeness (QED) is 0.556. The topological polar surface area (TPSA) is 87.2 Å². The second kappa shape index (κ2) is 10.9. The van der Waals surface area contributed by atoms with E-state index in [4.69, 9.17) is 11.6 Å². The number of carbonyl (C=O) groups is 2. The summed E-state index contributed by atoms with van der Waals surface area (Å²) >= 11 is 6.19. The van der Waals surface area contributed by atoms with Crippen molar-refractivity contribution in [2.45, 2.75) is 31.3 Å². The van der Waals surface area contributed by atoms with E-state index in [1.165, 1.54) is 0 Å². The lowest BCUT2D eigenvalue weighted by Crippen LogP contribution is -2.49. The van der Waals surface area contributed by atoms with E-state index in [1.807, 2.05) is 30.3 Å². The van der Waals surface area contributed by atoms with Crippen LogP contribution in [0.3, 0.4) is 0 Å². The Hall–Kier alpha value is -3.45. The number of halogens is 1. The molecule has 2 amide bonds. The third-order valence-electron chi connectivity index (χ3n) is 5.64. The number of nitrogens with zero attached hydrogens (tertiary/aromatic N) is 3. The van der Waals surface area contributed by atoms with E-state index in [2.05, 4.69) is 25.5 Å². The van der Waals surface area contributed by atoms with Crippen LogP contribution in [0, 0.1) is 0 Å². The van der Waals surface area contributed by atoms with Gasteiger partial charge in [-0.05, 0) is 36.6 Å². The third-order valence-corrected chi connectivity index (χ3v) is 5.97. The highest BCUT2D eigenvalue weighted by Gasteiger charge is 2.25. The minimum Gasteiger partial charge on any atom is -0.352 e. The van der Waals surface area contributed by atoms with Gasteiger partial charge in [0, 0.05) is 31.5 Å². The molecule has 0 radical (unpaired) electrons. The van der Waals surface area contributed by atoms with Crippen molar-refractivity contribution in [1.29, 1.82) is 0 Å². The molecule has 2 atom stereocenters. The van der Waals surface area contributed by atoms with E-state index in [-0.39, 0.29) is 24.3 Å². The predicted octanol–water partition coefficient (Wildman–Crippen LogP) is 3.78. The monoisotopic (exact) mass is 463 g/mol. The smallest absolute Gasteiger partial charge is 0.253 e. The maximum atomic E-state index is 13.0. The van der Waals surface area contributed by atoms with Crippen molar-refractivity contribution < 1.29 is 9.59 Å². The molecular weight excluding hydrogens is 438 g/mol. The average Bonchev–Trinajstić information content (AvgIpc) is 2.85. The zero-order chi connectivity index (χ0) is 23.0. The van der Waals surface area contributed by atoms with Crippen molar-refractivity contribution in [3.8, 4) is 0 Å². The lowest BCUT2D eigenvalue weighted by atomic mass is 10.0. The van der Waals surface area contributed by atoms with Crippen molar-refractivity contribution in [3.05, 3.63) is 89.2 Å². The SMILES string of the molecule is O=C(CC(NC(=O)c1ccccc1Cl)c1ccccc1)NC1CCCN(c2ncccn2)C1. The summed E-state index contributed by atoms with van der Waals surface area (Å²) in [5.41, 5.74) is 1.24. The maximum Gasteiger partial charge on any atom is 0.253 e. The van der Waals surface area contributed by atoms with Gasteiger partial charge in [-0.25, -0.2) is 9.97 Å². The molecule has 0 spiro atoms. The molecule has 2 unspecified atom stereocenters. The lowest BCUT2D eigenvalue weighted by molar-refractivity contribution is -0.122. The van der Waals surface area contributed by atoms with E-state index in [1.54, 1.807) is 42.7 Å². The highest BCUT2D eigenvalue weighted by molar-refractivity contribution is 6.33. The molecule has 170 valence electrons. The van der Waals surface area contributed by atoms with Gasteiger partial charge in [-0.3, -0.25) is 9.59 Å². The van der Waals surface area contributed by atoms with Crippen LogP contribution in [0.15, 0.2) is 73.1 Å². The summed E-state index contributed by atoms with van der Waals surface area (Å²) in [5.74, 6) is 0.238. The van der Waals surface area contributed by atoms with Crippen LogP contribution in [0.2, 0.25) is 5.02 Å². The molecule has 0 bridgehead atoms. The number of piperidine rings is 1. The standard InChI is InChI=1S/C25H26ClN5O2/c26-21-12-5-4-11-20(21)24(33)30-22(18-8-2-1-3-9-18)16-23(32)29-19-10-6-15-31(17-19)25-27-13-7-14-28-25/h1-5,7-9,11-14,19,22H,6,10,15-17H2,(H,29,32)(H,30,33). The third kappa shape index (κ3) is 6.08. The summed E-state index contributed by atoms with van der Waals surface area (Å²) in [6.07, 6.45) is 5.39. The van der Waals surface area contributed by atoms with Gasteiger partial charge in [-0.2, -0.15) is 0 Å². The van der Waals surface area contributed by atoms with Gasteiger partial charge in [0.2, 0.25) is 11.9 Å². The van der Waals surface area contributed by atoms with Crippen LogP contribution >= 0.6 is 11.6 Å². The van der Waals surface area contributed by atoms with Gasteiger partial charge in [0.25, 0.3) is 5.91 Å². The Balaban J connectivity index is 1.42. The summed E-state index contributed by atoms with van der Waals surface area (Å²) in [6.45, 7) is 1.51. The number of hydrogen-bond donors (Lipinski definition) is 2. The summed E-state index contributed by atoms with van der Waals surface area (Å²) in [5, 5.41) is 6.48. The van der Waals surface area contributed by atoms with Crippen LogP contribution < -0.4 is 15.5 Å². The van der Waals surface area contributed by atoms with Crippen LogP contribution in [0.25, 0.3) is 0 Å². The number of amides is 2. The second-order valence-electron chi connectivity index (χ2n) is 8.02. The Morgan fingerprint density at radius 1 is 1.03 bits per heavy atom. The summed E-state index contributed by atoms with van der Waals surface area (Å²) in [6, 6.07) is 17.7. The number of rotatable bonds is 7. The maximum absolute atomic E-state index is 13.0. The van der Waals surface area contributed by atoms with Gasteiger partial charge >= 0.3 is 0 Å². The van der Waals surface area contributed by atoms with Crippen LogP contribution in [-0.4, -0.2) is 40.9 Å². The van der Waals surface area contributed by atoms with Crippen molar-refractivity contribution in [2.75, 3.05) is 18.0 Å². The summed E-state index contributed by atoms with van der Waals surface area (Å²) < 4.78 is 0. The Morgan fingerprint density at radius 2 is 1.76 bits per heavy atom. The van der Waals surface area contributed by atoms with E-state index >= 15 is 0 Å². The molecule has 1 aliphatic heterocycles. The molecule has 0 aliphatic carbocycles. The molecular formula is C25H26ClN5O2. The van der Waals surface area contributed by atoms with Crippen LogP contribution in [-0.2, 0) is 4.79 Å². The van der Waals surface area contributed by atoms with Crippen LogP contribution in [0.4, 0.5) is 5.95 Å². The minimum absolute atomic E-state index is 0.00857. The average molecular weight is 464 g/mol. The Kier molecular flexibility index (Phi) is 7.52. The first-order valence-electron chi connectivity index (χ1n) is 11.0. The molecule has 1 saturated heterocycles. The number of benzene rings is 2. The van der Waals surface area contributed by atoms with Gasteiger partial charge in [0.15, 0.2) is 0 Å². The highest BCUT2D eigenvalue weighted by Crippen LogP contribution is 2.21. The van der Waals surface area contributed by atoms with Crippen LogP contribution in [0.5, 0.6) is 0 Å². The largest absolute Gasteiger partial charge is 0.352 e. The number of aromatic nitrogens is 2. The first-order chi connectivity index (χ1) is 16.1. The minimum atomic E-state index is -0.480.